The molecule has 0 aliphatic carbocycles. The van der Waals surface area contributed by atoms with Crippen molar-refractivity contribution < 1.29 is 4.39 Å². The molecule has 0 saturated heterocycles. The molecule has 0 bridgehead atoms. The van der Waals surface area contributed by atoms with Crippen molar-refractivity contribution in [2.24, 2.45) is 0 Å². The first-order valence-corrected chi connectivity index (χ1v) is 5.61. The molecule has 3 nitrogen and oxygen atoms in total. The lowest BCUT2D eigenvalue weighted by molar-refractivity contribution is 0.627. The highest BCUT2D eigenvalue weighted by molar-refractivity contribution is 6.30. The zero-order valence-corrected chi connectivity index (χ0v) is 10.6. The number of rotatable bonds is 1. The van der Waals surface area contributed by atoms with Gasteiger partial charge in [-0.05, 0) is 32.0 Å². The third-order valence-electron chi connectivity index (χ3n) is 2.50. The number of aryl methyl sites for hydroxylation is 1. The second kappa shape index (κ2) is 4.71. The topological polar surface area (TPSA) is 49.6 Å². The average Bonchev–Trinajstić information content (AvgIpc) is 2.32. The molecule has 90 valence electrons. The van der Waals surface area contributed by atoms with E-state index >= 15 is 0 Å². The normalized spacial score (nSPS) is 10.2. The number of hydrogen-bond donors (Lipinski definition) is 0. The molecule has 0 atom stereocenters. The van der Waals surface area contributed by atoms with E-state index in [-0.39, 0.29) is 5.56 Å². The Morgan fingerprint density at radius 3 is 2.61 bits per heavy atom. The van der Waals surface area contributed by atoms with Crippen LogP contribution in [0.2, 0.25) is 5.15 Å². The summed E-state index contributed by atoms with van der Waals surface area (Å²) in [6, 6.07) is 5.99. The van der Waals surface area contributed by atoms with Gasteiger partial charge in [0.05, 0.1) is 17.3 Å². The Morgan fingerprint density at radius 1 is 1.22 bits per heavy atom. The Labute approximate surface area is 109 Å². The summed E-state index contributed by atoms with van der Waals surface area (Å²) in [5.74, 6) is 0.0270. The third kappa shape index (κ3) is 2.31. The van der Waals surface area contributed by atoms with Crippen molar-refractivity contribution in [2.45, 2.75) is 13.8 Å². The van der Waals surface area contributed by atoms with Crippen molar-refractivity contribution in [3.63, 3.8) is 0 Å². The number of halogens is 2. The van der Waals surface area contributed by atoms with Gasteiger partial charge in [0.1, 0.15) is 16.8 Å². The van der Waals surface area contributed by atoms with Gasteiger partial charge in [0.2, 0.25) is 0 Å². The van der Waals surface area contributed by atoms with Crippen molar-refractivity contribution >= 4 is 11.6 Å². The summed E-state index contributed by atoms with van der Waals surface area (Å²) in [6.45, 7) is 3.47. The molecule has 0 aliphatic rings. The number of nitriles is 1. The molecular formula is C13H9ClFN3. The maximum atomic E-state index is 13.4. The molecule has 2 aromatic rings. The van der Waals surface area contributed by atoms with Crippen LogP contribution in [0.15, 0.2) is 18.2 Å². The summed E-state index contributed by atoms with van der Waals surface area (Å²) in [4.78, 5) is 8.27. The monoisotopic (exact) mass is 261 g/mol. The minimum Gasteiger partial charge on any atom is -0.233 e. The van der Waals surface area contributed by atoms with E-state index in [9.17, 15) is 4.39 Å². The van der Waals surface area contributed by atoms with Crippen LogP contribution in [0, 0.1) is 31.0 Å². The van der Waals surface area contributed by atoms with E-state index in [1.54, 1.807) is 19.9 Å². The highest BCUT2D eigenvalue weighted by atomic mass is 35.5. The molecule has 1 aromatic heterocycles. The van der Waals surface area contributed by atoms with E-state index in [4.69, 9.17) is 16.9 Å². The Kier molecular flexibility index (Phi) is 3.26. The van der Waals surface area contributed by atoms with Crippen LogP contribution < -0.4 is 0 Å². The quantitative estimate of drug-likeness (QED) is 0.739. The van der Waals surface area contributed by atoms with E-state index < -0.39 is 5.82 Å². The molecule has 0 amide bonds. The predicted octanol–water partition coefficient (Wildman–Crippen LogP) is 3.42. The molecule has 0 spiro atoms. The van der Waals surface area contributed by atoms with E-state index in [1.807, 2.05) is 6.07 Å². The average molecular weight is 262 g/mol. The smallest absolute Gasteiger partial charge is 0.136 e. The molecule has 0 aliphatic heterocycles. The summed E-state index contributed by atoms with van der Waals surface area (Å²) in [7, 11) is 0. The van der Waals surface area contributed by atoms with Crippen molar-refractivity contribution in [1.82, 2.24) is 9.97 Å². The van der Waals surface area contributed by atoms with Gasteiger partial charge in [-0.15, -0.1) is 0 Å². The molecule has 0 saturated carbocycles. The standard InChI is InChI=1S/C13H9ClFN3/c1-7-12(17-8(2)18-13(7)14)10-3-9(6-16)4-11(15)5-10/h3-5H,1-2H3. The molecule has 18 heavy (non-hydrogen) atoms. The summed E-state index contributed by atoms with van der Waals surface area (Å²) in [5.41, 5.74) is 1.98. The highest BCUT2D eigenvalue weighted by Gasteiger charge is 2.11. The predicted molar refractivity (Wildman–Crippen MR) is 66.6 cm³/mol. The zero-order chi connectivity index (χ0) is 13.3. The Balaban J connectivity index is 2.69. The molecule has 2 rings (SSSR count). The van der Waals surface area contributed by atoms with Gasteiger partial charge in [-0.2, -0.15) is 5.26 Å². The van der Waals surface area contributed by atoms with Gasteiger partial charge in [0.25, 0.3) is 0 Å². The van der Waals surface area contributed by atoms with E-state index in [0.717, 1.165) is 0 Å². The van der Waals surface area contributed by atoms with Gasteiger partial charge in [-0.1, -0.05) is 11.6 Å². The van der Waals surface area contributed by atoms with Gasteiger partial charge < -0.3 is 0 Å². The molecule has 0 unspecified atom stereocenters. The second-order valence-electron chi connectivity index (χ2n) is 3.88. The lowest BCUT2D eigenvalue weighted by Crippen LogP contribution is -1.97. The Morgan fingerprint density at radius 2 is 1.94 bits per heavy atom. The molecule has 5 heteroatoms. The first kappa shape index (κ1) is 12.5. The van der Waals surface area contributed by atoms with Crippen molar-refractivity contribution in [3.05, 3.63) is 46.1 Å². The fourth-order valence-corrected chi connectivity index (χ4v) is 1.88. The largest absolute Gasteiger partial charge is 0.233 e. The summed E-state index contributed by atoms with van der Waals surface area (Å²) < 4.78 is 13.4. The number of nitrogens with zero attached hydrogens (tertiary/aromatic N) is 3. The minimum absolute atomic E-state index is 0.247. The maximum Gasteiger partial charge on any atom is 0.136 e. The molecule has 1 heterocycles. The Bertz CT molecular complexity index is 662. The van der Waals surface area contributed by atoms with Crippen LogP contribution in [0.25, 0.3) is 11.3 Å². The first-order valence-electron chi connectivity index (χ1n) is 5.23. The van der Waals surface area contributed by atoms with E-state index in [2.05, 4.69) is 9.97 Å². The van der Waals surface area contributed by atoms with Crippen molar-refractivity contribution in [2.75, 3.05) is 0 Å². The zero-order valence-electron chi connectivity index (χ0n) is 9.83. The Hall–Kier alpha value is -1.99. The van der Waals surface area contributed by atoms with Crippen molar-refractivity contribution in [1.29, 1.82) is 5.26 Å². The lowest BCUT2D eigenvalue weighted by Gasteiger charge is -2.08. The van der Waals surface area contributed by atoms with Gasteiger partial charge in [0, 0.05) is 11.1 Å². The highest BCUT2D eigenvalue weighted by Crippen LogP contribution is 2.26. The maximum absolute atomic E-state index is 13.4. The van der Waals surface area contributed by atoms with Crippen LogP contribution in [0.4, 0.5) is 4.39 Å². The van der Waals surface area contributed by atoms with Gasteiger partial charge >= 0.3 is 0 Å². The molecule has 0 fully saturated rings. The molecule has 0 radical (unpaired) electrons. The van der Waals surface area contributed by atoms with Crippen LogP contribution in [-0.2, 0) is 0 Å². The van der Waals surface area contributed by atoms with Crippen LogP contribution in [0.1, 0.15) is 17.0 Å². The summed E-state index contributed by atoms with van der Waals surface area (Å²) >= 11 is 5.97. The van der Waals surface area contributed by atoms with Crippen LogP contribution in [-0.4, -0.2) is 9.97 Å². The van der Waals surface area contributed by atoms with Crippen molar-refractivity contribution in [3.8, 4) is 17.3 Å². The van der Waals surface area contributed by atoms with Gasteiger partial charge in [-0.25, -0.2) is 14.4 Å². The van der Waals surface area contributed by atoms with Crippen LogP contribution in [0.3, 0.4) is 0 Å². The number of benzene rings is 1. The van der Waals surface area contributed by atoms with Crippen LogP contribution >= 0.6 is 11.6 Å². The molecule has 1 aromatic carbocycles. The van der Waals surface area contributed by atoms with Crippen LogP contribution in [0.5, 0.6) is 0 Å². The summed E-state index contributed by atoms with van der Waals surface area (Å²) in [5, 5.41) is 9.17. The number of hydrogen-bond acceptors (Lipinski definition) is 3. The van der Waals surface area contributed by atoms with E-state index in [1.165, 1.54) is 12.1 Å². The van der Waals surface area contributed by atoms with Gasteiger partial charge in [0.15, 0.2) is 0 Å². The summed E-state index contributed by atoms with van der Waals surface area (Å²) in [6.07, 6.45) is 0. The minimum atomic E-state index is -0.476. The van der Waals surface area contributed by atoms with E-state index in [0.29, 0.717) is 27.8 Å². The van der Waals surface area contributed by atoms with Gasteiger partial charge in [-0.3, -0.25) is 0 Å². The second-order valence-corrected chi connectivity index (χ2v) is 4.23. The number of aromatic nitrogens is 2. The molecular weight excluding hydrogens is 253 g/mol. The fraction of sp³-hybridized carbons (Fsp3) is 0.154. The SMILES string of the molecule is Cc1nc(Cl)c(C)c(-c2cc(F)cc(C#N)c2)n1. The third-order valence-corrected chi connectivity index (χ3v) is 2.87. The first-order chi connectivity index (χ1) is 8.51. The molecule has 0 N–H and O–H groups in total. The lowest BCUT2D eigenvalue weighted by atomic mass is 10.1. The fourth-order valence-electron chi connectivity index (χ4n) is 1.67.